The molecule has 3 heteroatoms. The van der Waals surface area contributed by atoms with Gasteiger partial charge in [-0.25, -0.2) is 0 Å². The Balaban J connectivity index is 2.11. The lowest BCUT2D eigenvalue weighted by molar-refractivity contribution is 0.590. The van der Waals surface area contributed by atoms with Crippen molar-refractivity contribution >= 4 is 23.1 Å². The first kappa shape index (κ1) is 25.6. The summed E-state index contributed by atoms with van der Waals surface area (Å²) in [5.74, 6) is 0. The molecule has 2 rings (SSSR count). The number of nitrogens with one attached hydrogen (secondary N) is 2. The first-order chi connectivity index (χ1) is 15.1. The zero-order chi connectivity index (χ0) is 22.3. The molecule has 2 aromatic rings. The average molecular weight is 441 g/mol. The van der Waals surface area contributed by atoms with Crippen molar-refractivity contribution in [2.75, 3.05) is 10.6 Å². The molecular weight excluding hydrogens is 396 g/mol. The van der Waals surface area contributed by atoms with Crippen LogP contribution < -0.4 is 10.6 Å². The zero-order valence-electron chi connectivity index (χ0n) is 20.3. The lowest BCUT2D eigenvalue weighted by atomic mass is 10.1. The second-order valence-electron chi connectivity index (χ2n) is 8.88. The van der Waals surface area contributed by atoms with Crippen molar-refractivity contribution in [2.45, 2.75) is 114 Å². The number of benzene rings is 2. The molecule has 172 valence electrons. The van der Waals surface area contributed by atoms with E-state index in [0.717, 1.165) is 0 Å². The van der Waals surface area contributed by atoms with Crippen LogP contribution in [0.25, 0.3) is 0 Å². The average Bonchev–Trinajstić information content (AvgIpc) is 2.77. The fourth-order valence-corrected chi connectivity index (χ4v) is 4.88. The van der Waals surface area contributed by atoms with Gasteiger partial charge in [0.25, 0.3) is 0 Å². The van der Waals surface area contributed by atoms with E-state index < -0.39 is 0 Å². The van der Waals surface area contributed by atoms with Crippen LogP contribution in [0.15, 0.2) is 58.3 Å². The highest BCUT2D eigenvalue weighted by Crippen LogP contribution is 2.39. The van der Waals surface area contributed by atoms with Crippen LogP contribution in [-0.2, 0) is 0 Å². The van der Waals surface area contributed by atoms with E-state index in [1.54, 1.807) is 0 Å². The Morgan fingerprint density at radius 1 is 0.677 bits per heavy atom. The maximum absolute atomic E-state index is 3.87. The Morgan fingerprint density at radius 2 is 1.29 bits per heavy atom. The monoisotopic (exact) mass is 440 g/mol. The first-order valence-corrected chi connectivity index (χ1v) is 13.3. The third-order valence-electron chi connectivity index (χ3n) is 5.77. The van der Waals surface area contributed by atoms with E-state index in [1.807, 2.05) is 11.8 Å². The zero-order valence-corrected chi connectivity index (χ0v) is 21.1. The summed E-state index contributed by atoms with van der Waals surface area (Å²) in [5.41, 5.74) is 2.50. The molecule has 0 saturated carbocycles. The Bertz CT molecular complexity index is 716. The Hall–Kier alpha value is -1.61. The standard InChI is InChI=1S/C28H44N2S/c1-5-7-9-12-17-23(3)29-26-21-16-22-27(31-25-19-14-11-15-20-25)28(26)30-24(4)18-13-10-8-6-2/h11,14-16,19-24,29-30H,5-10,12-13,17-18H2,1-4H3. The first-order valence-electron chi connectivity index (χ1n) is 12.5. The minimum atomic E-state index is 0.467. The fraction of sp³-hybridized carbons (Fsp3) is 0.571. The van der Waals surface area contributed by atoms with Crippen LogP contribution in [0.4, 0.5) is 11.4 Å². The number of anilines is 2. The lowest BCUT2D eigenvalue weighted by Gasteiger charge is -2.24. The Kier molecular flexibility index (Phi) is 12.6. The lowest BCUT2D eigenvalue weighted by Crippen LogP contribution is -2.20. The van der Waals surface area contributed by atoms with Gasteiger partial charge >= 0.3 is 0 Å². The van der Waals surface area contributed by atoms with Gasteiger partial charge in [0.2, 0.25) is 0 Å². The molecular formula is C28H44N2S. The van der Waals surface area contributed by atoms with Gasteiger partial charge in [0.15, 0.2) is 0 Å². The molecule has 0 aliphatic carbocycles. The van der Waals surface area contributed by atoms with Crippen LogP contribution in [0.5, 0.6) is 0 Å². The summed E-state index contributed by atoms with van der Waals surface area (Å²) in [6.45, 7) is 9.20. The molecule has 0 fully saturated rings. The summed E-state index contributed by atoms with van der Waals surface area (Å²) >= 11 is 1.85. The van der Waals surface area contributed by atoms with E-state index in [4.69, 9.17) is 0 Å². The summed E-state index contributed by atoms with van der Waals surface area (Å²) < 4.78 is 0. The van der Waals surface area contributed by atoms with Gasteiger partial charge < -0.3 is 10.6 Å². The summed E-state index contributed by atoms with van der Waals surface area (Å²) in [6, 6.07) is 18.3. The second kappa shape index (κ2) is 15.2. The Morgan fingerprint density at radius 3 is 1.90 bits per heavy atom. The third-order valence-corrected chi connectivity index (χ3v) is 6.84. The summed E-state index contributed by atoms with van der Waals surface area (Å²) in [7, 11) is 0. The predicted octanol–water partition coefficient (Wildman–Crippen LogP) is 9.38. The molecule has 0 aromatic heterocycles. The van der Waals surface area contributed by atoms with Crippen LogP contribution in [0, 0.1) is 0 Å². The minimum absolute atomic E-state index is 0.467. The van der Waals surface area contributed by atoms with E-state index in [-0.39, 0.29) is 0 Å². The van der Waals surface area contributed by atoms with E-state index in [2.05, 4.69) is 86.9 Å². The van der Waals surface area contributed by atoms with Crippen LogP contribution in [0.1, 0.15) is 91.9 Å². The molecule has 0 saturated heterocycles. The minimum Gasteiger partial charge on any atom is -0.381 e. The molecule has 0 spiro atoms. The molecule has 2 atom stereocenters. The summed E-state index contributed by atoms with van der Waals surface area (Å²) in [6.07, 6.45) is 13.0. The number of unbranched alkanes of at least 4 members (excludes halogenated alkanes) is 6. The van der Waals surface area contributed by atoms with E-state index in [9.17, 15) is 0 Å². The SMILES string of the molecule is CCCCCCC(C)Nc1cccc(Sc2ccccc2)c1NC(C)CCCCCC. The van der Waals surface area contributed by atoms with Gasteiger partial charge in [0.05, 0.1) is 11.4 Å². The van der Waals surface area contributed by atoms with Crippen LogP contribution in [0.2, 0.25) is 0 Å². The van der Waals surface area contributed by atoms with Gasteiger partial charge in [-0.1, -0.05) is 101 Å². The fourth-order valence-electron chi connectivity index (χ4n) is 3.91. The number of rotatable bonds is 16. The number of hydrogen-bond acceptors (Lipinski definition) is 3. The molecule has 2 unspecified atom stereocenters. The maximum atomic E-state index is 3.87. The van der Waals surface area contributed by atoms with Crippen LogP contribution >= 0.6 is 11.8 Å². The number of para-hydroxylation sites is 1. The summed E-state index contributed by atoms with van der Waals surface area (Å²) in [4.78, 5) is 2.58. The van der Waals surface area contributed by atoms with Gasteiger partial charge in [-0.2, -0.15) is 0 Å². The van der Waals surface area contributed by atoms with Crippen molar-refractivity contribution in [3.05, 3.63) is 48.5 Å². The molecule has 0 heterocycles. The highest BCUT2D eigenvalue weighted by atomic mass is 32.2. The van der Waals surface area contributed by atoms with Crippen LogP contribution in [0.3, 0.4) is 0 Å². The van der Waals surface area contributed by atoms with Crippen molar-refractivity contribution in [2.24, 2.45) is 0 Å². The molecule has 0 radical (unpaired) electrons. The van der Waals surface area contributed by atoms with Gasteiger partial charge in [-0.3, -0.25) is 0 Å². The predicted molar refractivity (Wildman–Crippen MR) is 141 cm³/mol. The molecule has 2 aromatic carbocycles. The molecule has 0 aliphatic heterocycles. The van der Waals surface area contributed by atoms with Crippen molar-refractivity contribution in [3.63, 3.8) is 0 Å². The Labute approximate surface area is 196 Å². The van der Waals surface area contributed by atoms with E-state index >= 15 is 0 Å². The second-order valence-corrected chi connectivity index (χ2v) is 10.00. The smallest absolute Gasteiger partial charge is 0.0719 e. The van der Waals surface area contributed by atoms with Gasteiger partial charge in [-0.15, -0.1) is 0 Å². The van der Waals surface area contributed by atoms with Gasteiger partial charge in [0.1, 0.15) is 0 Å². The maximum Gasteiger partial charge on any atom is 0.0719 e. The largest absolute Gasteiger partial charge is 0.381 e. The molecule has 0 bridgehead atoms. The molecule has 0 amide bonds. The van der Waals surface area contributed by atoms with Crippen molar-refractivity contribution < 1.29 is 0 Å². The molecule has 31 heavy (non-hydrogen) atoms. The highest BCUT2D eigenvalue weighted by Gasteiger charge is 2.14. The van der Waals surface area contributed by atoms with E-state index in [0.29, 0.717) is 12.1 Å². The molecule has 0 aliphatic rings. The van der Waals surface area contributed by atoms with Crippen molar-refractivity contribution in [3.8, 4) is 0 Å². The number of hydrogen-bond donors (Lipinski definition) is 2. The quantitative estimate of drug-likeness (QED) is 0.254. The normalized spacial score (nSPS) is 13.0. The van der Waals surface area contributed by atoms with Crippen LogP contribution in [-0.4, -0.2) is 12.1 Å². The molecule has 2 N–H and O–H groups in total. The van der Waals surface area contributed by atoms with E-state index in [1.165, 1.54) is 85.4 Å². The van der Waals surface area contributed by atoms with Crippen molar-refractivity contribution in [1.82, 2.24) is 0 Å². The topological polar surface area (TPSA) is 24.1 Å². The van der Waals surface area contributed by atoms with Gasteiger partial charge in [-0.05, 0) is 51.0 Å². The van der Waals surface area contributed by atoms with Gasteiger partial charge in [0, 0.05) is 21.9 Å². The summed E-state index contributed by atoms with van der Waals surface area (Å²) in [5, 5.41) is 7.69. The highest BCUT2D eigenvalue weighted by molar-refractivity contribution is 7.99. The van der Waals surface area contributed by atoms with Crippen molar-refractivity contribution in [1.29, 1.82) is 0 Å². The molecule has 2 nitrogen and oxygen atoms in total. The third kappa shape index (κ3) is 10.0.